The number of rotatable bonds is 6. The van der Waals surface area contributed by atoms with E-state index in [1.165, 1.54) is 12.8 Å². The molecule has 2 rings (SSSR count). The molecule has 0 bridgehead atoms. The molecular weight excluding hydrogens is 250 g/mol. The summed E-state index contributed by atoms with van der Waals surface area (Å²) >= 11 is 0. The van der Waals surface area contributed by atoms with Gasteiger partial charge in [-0.15, -0.1) is 0 Å². The standard InChI is InChI=1S/C12H25N3O2S/c1-10(8-11-5-6-11)14-18(16,17)15-7-3-2-4-12(15)9-13/h10-12,14H,2-9,13H2,1H3. The molecule has 0 aromatic rings. The van der Waals surface area contributed by atoms with E-state index in [4.69, 9.17) is 5.73 Å². The van der Waals surface area contributed by atoms with E-state index < -0.39 is 10.2 Å². The van der Waals surface area contributed by atoms with Crippen molar-refractivity contribution < 1.29 is 8.42 Å². The number of hydrogen-bond donors (Lipinski definition) is 2. The largest absolute Gasteiger partial charge is 0.329 e. The third kappa shape index (κ3) is 3.66. The number of nitrogens with one attached hydrogen (secondary N) is 1. The fourth-order valence-corrected chi connectivity index (χ4v) is 4.44. The molecule has 2 atom stereocenters. The van der Waals surface area contributed by atoms with Crippen molar-refractivity contribution in [2.45, 2.75) is 57.5 Å². The van der Waals surface area contributed by atoms with Crippen molar-refractivity contribution in [2.75, 3.05) is 13.1 Å². The molecule has 106 valence electrons. The highest BCUT2D eigenvalue weighted by molar-refractivity contribution is 7.87. The number of nitrogens with two attached hydrogens (primary N) is 1. The van der Waals surface area contributed by atoms with E-state index in [1.54, 1.807) is 4.31 Å². The Labute approximate surface area is 110 Å². The molecule has 1 aliphatic carbocycles. The van der Waals surface area contributed by atoms with Gasteiger partial charge in [-0.05, 0) is 32.1 Å². The summed E-state index contributed by atoms with van der Waals surface area (Å²) in [4.78, 5) is 0. The molecule has 6 heteroatoms. The molecule has 2 unspecified atom stereocenters. The Hall–Kier alpha value is -0.170. The summed E-state index contributed by atoms with van der Waals surface area (Å²) < 4.78 is 29.0. The number of nitrogens with zero attached hydrogens (tertiary/aromatic N) is 1. The van der Waals surface area contributed by atoms with E-state index >= 15 is 0 Å². The Balaban J connectivity index is 1.94. The van der Waals surface area contributed by atoms with Crippen LogP contribution in [0.1, 0.15) is 45.4 Å². The molecule has 1 heterocycles. The zero-order valence-electron chi connectivity index (χ0n) is 11.1. The van der Waals surface area contributed by atoms with Gasteiger partial charge in [0, 0.05) is 25.2 Å². The van der Waals surface area contributed by atoms with Crippen molar-refractivity contribution in [3.8, 4) is 0 Å². The van der Waals surface area contributed by atoms with Crippen LogP contribution in [0, 0.1) is 5.92 Å². The number of piperidine rings is 1. The fourth-order valence-electron chi connectivity index (χ4n) is 2.75. The molecule has 2 aliphatic rings. The Kier molecular flexibility index (Phi) is 4.64. The molecule has 1 saturated heterocycles. The van der Waals surface area contributed by atoms with E-state index in [1.807, 2.05) is 6.92 Å². The van der Waals surface area contributed by atoms with Gasteiger partial charge in [0.05, 0.1) is 0 Å². The minimum absolute atomic E-state index is 0.0237. The molecule has 0 amide bonds. The average molecular weight is 275 g/mol. The molecule has 0 spiro atoms. The van der Waals surface area contributed by atoms with Crippen LogP contribution in [0.2, 0.25) is 0 Å². The van der Waals surface area contributed by atoms with Crippen molar-refractivity contribution in [3.05, 3.63) is 0 Å². The van der Waals surface area contributed by atoms with Crippen LogP contribution in [-0.4, -0.2) is 37.9 Å². The van der Waals surface area contributed by atoms with Gasteiger partial charge in [-0.2, -0.15) is 17.4 Å². The van der Waals surface area contributed by atoms with E-state index in [0.717, 1.165) is 31.6 Å². The quantitative estimate of drug-likeness (QED) is 0.753. The second-order valence-electron chi connectivity index (χ2n) is 5.70. The van der Waals surface area contributed by atoms with Gasteiger partial charge in [0.15, 0.2) is 0 Å². The summed E-state index contributed by atoms with van der Waals surface area (Å²) in [6.07, 6.45) is 6.36. The Morgan fingerprint density at radius 1 is 1.33 bits per heavy atom. The molecule has 5 nitrogen and oxygen atoms in total. The maximum Gasteiger partial charge on any atom is 0.279 e. The van der Waals surface area contributed by atoms with Gasteiger partial charge in [-0.25, -0.2) is 0 Å². The highest BCUT2D eigenvalue weighted by atomic mass is 32.2. The molecule has 1 aliphatic heterocycles. The van der Waals surface area contributed by atoms with Gasteiger partial charge in [0.1, 0.15) is 0 Å². The topological polar surface area (TPSA) is 75.4 Å². The Morgan fingerprint density at radius 2 is 2.06 bits per heavy atom. The fraction of sp³-hybridized carbons (Fsp3) is 1.00. The van der Waals surface area contributed by atoms with Crippen molar-refractivity contribution in [1.29, 1.82) is 0 Å². The van der Waals surface area contributed by atoms with Crippen LogP contribution in [0.4, 0.5) is 0 Å². The SMILES string of the molecule is CC(CC1CC1)NS(=O)(=O)N1CCCCC1CN. The summed E-state index contributed by atoms with van der Waals surface area (Å²) in [6.45, 7) is 2.97. The Morgan fingerprint density at radius 3 is 2.67 bits per heavy atom. The van der Waals surface area contributed by atoms with Gasteiger partial charge in [-0.1, -0.05) is 19.3 Å². The summed E-state index contributed by atoms with van der Waals surface area (Å²) in [7, 11) is -3.36. The minimum atomic E-state index is -3.36. The molecule has 2 fully saturated rings. The predicted octanol–water partition coefficient (Wildman–Crippen LogP) is 0.823. The molecule has 0 radical (unpaired) electrons. The monoisotopic (exact) mass is 275 g/mol. The van der Waals surface area contributed by atoms with E-state index in [9.17, 15) is 8.42 Å². The number of hydrogen-bond acceptors (Lipinski definition) is 3. The summed E-state index contributed by atoms with van der Waals surface area (Å²) in [6, 6.07) is 0.00669. The van der Waals surface area contributed by atoms with Crippen LogP contribution in [0.25, 0.3) is 0 Å². The summed E-state index contributed by atoms with van der Waals surface area (Å²) in [5, 5.41) is 0. The smallest absolute Gasteiger partial charge is 0.279 e. The highest BCUT2D eigenvalue weighted by Crippen LogP contribution is 2.33. The maximum atomic E-state index is 12.3. The first kappa shape index (κ1) is 14.2. The third-order valence-corrected chi connectivity index (χ3v) is 5.69. The first-order valence-corrected chi connectivity index (χ1v) is 8.46. The van der Waals surface area contributed by atoms with Gasteiger partial charge in [0.2, 0.25) is 0 Å². The highest BCUT2D eigenvalue weighted by Gasteiger charge is 2.33. The van der Waals surface area contributed by atoms with Crippen molar-refractivity contribution >= 4 is 10.2 Å². The normalized spacial score (nSPS) is 28.2. The summed E-state index contributed by atoms with van der Waals surface area (Å²) in [5.41, 5.74) is 5.68. The lowest BCUT2D eigenvalue weighted by molar-refractivity contribution is 0.253. The van der Waals surface area contributed by atoms with Gasteiger partial charge in [-0.3, -0.25) is 0 Å². The van der Waals surface area contributed by atoms with E-state index in [0.29, 0.717) is 13.1 Å². The van der Waals surface area contributed by atoms with Crippen molar-refractivity contribution in [3.63, 3.8) is 0 Å². The van der Waals surface area contributed by atoms with Crippen LogP contribution < -0.4 is 10.5 Å². The minimum Gasteiger partial charge on any atom is -0.329 e. The molecule has 0 aromatic carbocycles. The third-order valence-electron chi connectivity index (χ3n) is 3.89. The van der Waals surface area contributed by atoms with Crippen molar-refractivity contribution in [2.24, 2.45) is 11.7 Å². The maximum absolute atomic E-state index is 12.3. The second-order valence-corrected chi connectivity index (χ2v) is 7.35. The lowest BCUT2D eigenvalue weighted by Crippen LogP contribution is -2.53. The van der Waals surface area contributed by atoms with E-state index in [2.05, 4.69) is 4.72 Å². The van der Waals surface area contributed by atoms with E-state index in [-0.39, 0.29) is 12.1 Å². The van der Waals surface area contributed by atoms with Crippen LogP contribution in [0.3, 0.4) is 0 Å². The molecule has 1 saturated carbocycles. The lowest BCUT2D eigenvalue weighted by atomic mass is 10.1. The van der Waals surface area contributed by atoms with Crippen LogP contribution in [0.5, 0.6) is 0 Å². The molecule has 0 aromatic heterocycles. The molecular formula is C12H25N3O2S. The van der Waals surface area contributed by atoms with Gasteiger partial charge < -0.3 is 5.73 Å². The zero-order chi connectivity index (χ0) is 13.2. The van der Waals surface area contributed by atoms with Crippen LogP contribution in [-0.2, 0) is 10.2 Å². The van der Waals surface area contributed by atoms with Crippen molar-refractivity contribution in [1.82, 2.24) is 9.03 Å². The predicted molar refractivity (Wildman–Crippen MR) is 72.3 cm³/mol. The zero-order valence-corrected chi connectivity index (χ0v) is 12.0. The average Bonchev–Trinajstić information content (AvgIpc) is 3.12. The molecule has 18 heavy (non-hydrogen) atoms. The van der Waals surface area contributed by atoms with Gasteiger partial charge >= 0.3 is 0 Å². The van der Waals surface area contributed by atoms with Crippen LogP contribution in [0.15, 0.2) is 0 Å². The first-order chi connectivity index (χ1) is 8.53. The second kappa shape index (κ2) is 5.86. The van der Waals surface area contributed by atoms with Crippen LogP contribution >= 0.6 is 0 Å². The lowest BCUT2D eigenvalue weighted by Gasteiger charge is -2.34. The van der Waals surface area contributed by atoms with Gasteiger partial charge in [0.25, 0.3) is 10.2 Å². The molecule has 3 N–H and O–H groups in total. The Bertz CT molecular complexity index is 368. The first-order valence-electron chi connectivity index (χ1n) is 7.02. The summed E-state index contributed by atoms with van der Waals surface area (Å²) in [5.74, 6) is 0.731.